The van der Waals surface area contributed by atoms with E-state index in [2.05, 4.69) is 0 Å². The molecule has 1 heterocycles. The van der Waals surface area contributed by atoms with Gasteiger partial charge >= 0.3 is 6.18 Å². The second-order valence-electron chi connectivity index (χ2n) is 4.19. The first kappa shape index (κ1) is 13.6. The Hall–Kier alpha value is -1.82. The fourth-order valence-electron chi connectivity index (χ4n) is 1.88. The fraction of sp³-hybridized carbons (Fsp3) is 0.308. The third-order valence-electron chi connectivity index (χ3n) is 2.86. The average Bonchev–Trinajstić information content (AvgIpc) is 2.36. The lowest BCUT2D eigenvalue weighted by Crippen LogP contribution is -2.20. The van der Waals surface area contributed by atoms with Crippen LogP contribution in [0.25, 0.3) is 10.8 Å². The predicted molar refractivity (Wildman–Crippen MR) is 64.9 cm³/mol. The molecular weight excluding hydrogens is 259 g/mol. The molecule has 6 heteroatoms. The summed E-state index contributed by atoms with van der Waals surface area (Å²) in [6.45, 7) is 0.295. The molecule has 0 saturated heterocycles. The fourth-order valence-corrected chi connectivity index (χ4v) is 1.88. The van der Waals surface area contributed by atoms with Gasteiger partial charge in [-0.15, -0.1) is 0 Å². The number of aromatic nitrogens is 1. The van der Waals surface area contributed by atoms with Gasteiger partial charge in [-0.1, -0.05) is 0 Å². The molecule has 0 fully saturated rings. The lowest BCUT2D eigenvalue weighted by Gasteiger charge is -2.09. The van der Waals surface area contributed by atoms with Crippen LogP contribution in [0.1, 0.15) is 12.0 Å². The predicted octanol–water partition coefficient (Wildman–Crippen LogP) is 2.40. The minimum Gasteiger partial charge on any atom is -0.396 e. The van der Waals surface area contributed by atoms with E-state index >= 15 is 0 Å². The van der Waals surface area contributed by atoms with Crippen LogP contribution in [-0.2, 0) is 12.7 Å². The van der Waals surface area contributed by atoms with E-state index in [9.17, 15) is 18.0 Å². The molecule has 1 aromatic heterocycles. The molecule has 0 aliphatic heterocycles. The summed E-state index contributed by atoms with van der Waals surface area (Å²) in [7, 11) is 0. The van der Waals surface area contributed by atoms with E-state index in [0.29, 0.717) is 13.0 Å². The number of aliphatic hydroxyl groups excluding tert-OH is 1. The highest BCUT2D eigenvalue weighted by molar-refractivity contribution is 5.82. The second kappa shape index (κ2) is 5.05. The standard InChI is InChI=1S/C13H12F3NO2/c14-13(15,16)10-2-3-11-9(8-10)4-6-17(12(11)19)5-1-7-18/h2-4,6,8,18H,1,5,7H2. The minimum absolute atomic E-state index is 0.0442. The molecule has 0 bridgehead atoms. The van der Waals surface area contributed by atoms with Crippen LogP contribution >= 0.6 is 0 Å². The van der Waals surface area contributed by atoms with Gasteiger partial charge in [0.15, 0.2) is 0 Å². The molecule has 0 spiro atoms. The van der Waals surface area contributed by atoms with Crippen molar-refractivity contribution in [3.8, 4) is 0 Å². The monoisotopic (exact) mass is 271 g/mol. The molecule has 0 amide bonds. The Bertz CT molecular complexity index is 646. The summed E-state index contributed by atoms with van der Waals surface area (Å²) in [6.07, 6.45) is -2.55. The van der Waals surface area contributed by atoms with Gasteiger partial charge in [0.25, 0.3) is 5.56 Å². The van der Waals surface area contributed by atoms with Crippen molar-refractivity contribution in [2.45, 2.75) is 19.1 Å². The zero-order valence-electron chi connectivity index (χ0n) is 9.94. The van der Waals surface area contributed by atoms with Crippen molar-refractivity contribution in [1.82, 2.24) is 4.57 Å². The van der Waals surface area contributed by atoms with Gasteiger partial charge in [0.05, 0.1) is 5.56 Å². The molecular formula is C13H12F3NO2. The zero-order valence-corrected chi connectivity index (χ0v) is 9.94. The Balaban J connectivity index is 2.51. The van der Waals surface area contributed by atoms with Crippen molar-refractivity contribution >= 4 is 10.8 Å². The third kappa shape index (κ3) is 2.78. The van der Waals surface area contributed by atoms with E-state index in [-0.39, 0.29) is 22.9 Å². The van der Waals surface area contributed by atoms with E-state index in [1.807, 2.05) is 0 Å². The summed E-state index contributed by atoms with van der Waals surface area (Å²) in [4.78, 5) is 12.0. The number of benzene rings is 1. The van der Waals surface area contributed by atoms with E-state index in [0.717, 1.165) is 12.1 Å². The molecule has 102 valence electrons. The third-order valence-corrected chi connectivity index (χ3v) is 2.86. The number of hydrogen-bond acceptors (Lipinski definition) is 2. The summed E-state index contributed by atoms with van der Waals surface area (Å²) < 4.78 is 39.0. The average molecular weight is 271 g/mol. The van der Waals surface area contributed by atoms with Gasteiger partial charge in [0.2, 0.25) is 0 Å². The smallest absolute Gasteiger partial charge is 0.396 e. The molecule has 0 saturated carbocycles. The maximum Gasteiger partial charge on any atom is 0.416 e. The number of aliphatic hydroxyl groups is 1. The van der Waals surface area contributed by atoms with Gasteiger partial charge in [-0.25, -0.2) is 0 Å². The van der Waals surface area contributed by atoms with Gasteiger partial charge in [0.1, 0.15) is 0 Å². The maximum atomic E-state index is 12.6. The molecule has 1 aromatic carbocycles. The first-order valence-electron chi connectivity index (χ1n) is 5.75. The Morgan fingerprint density at radius 2 is 1.95 bits per heavy atom. The Morgan fingerprint density at radius 3 is 2.58 bits per heavy atom. The van der Waals surface area contributed by atoms with Crippen molar-refractivity contribution in [2.75, 3.05) is 6.61 Å². The van der Waals surface area contributed by atoms with Crippen LogP contribution in [0, 0.1) is 0 Å². The van der Waals surface area contributed by atoms with Crippen molar-refractivity contribution in [3.63, 3.8) is 0 Å². The lowest BCUT2D eigenvalue weighted by atomic mass is 10.1. The molecule has 0 unspecified atom stereocenters. The zero-order chi connectivity index (χ0) is 14.0. The molecule has 0 aliphatic carbocycles. The first-order valence-corrected chi connectivity index (χ1v) is 5.75. The maximum absolute atomic E-state index is 12.6. The normalized spacial score (nSPS) is 12.0. The molecule has 2 aromatic rings. The highest BCUT2D eigenvalue weighted by Crippen LogP contribution is 2.30. The highest BCUT2D eigenvalue weighted by Gasteiger charge is 2.30. The van der Waals surface area contributed by atoms with Crippen molar-refractivity contribution in [3.05, 3.63) is 46.4 Å². The van der Waals surface area contributed by atoms with Crippen LogP contribution in [0.15, 0.2) is 35.3 Å². The van der Waals surface area contributed by atoms with Crippen molar-refractivity contribution in [1.29, 1.82) is 0 Å². The number of halogens is 3. The summed E-state index contributed by atoms with van der Waals surface area (Å²) in [5, 5.41) is 9.23. The first-order chi connectivity index (χ1) is 8.93. The molecule has 0 atom stereocenters. The van der Waals surface area contributed by atoms with Crippen LogP contribution < -0.4 is 5.56 Å². The van der Waals surface area contributed by atoms with Crippen LogP contribution in [0.2, 0.25) is 0 Å². The number of alkyl halides is 3. The SMILES string of the molecule is O=c1c2ccc(C(F)(F)F)cc2ccn1CCCO. The Labute approximate surface area is 106 Å². The van der Waals surface area contributed by atoms with Gasteiger partial charge in [-0.3, -0.25) is 4.79 Å². The molecule has 1 N–H and O–H groups in total. The molecule has 0 radical (unpaired) electrons. The Kier molecular flexibility index (Phi) is 3.61. The quantitative estimate of drug-likeness (QED) is 0.931. The summed E-state index contributed by atoms with van der Waals surface area (Å²) in [5.74, 6) is 0. The second-order valence-corrected chi connectivity index (χ2v) is 4.19. The number of nitrogens with zero attached hydrogens (tertiary/aromatic N) is 1. The van der Waals surface area contributed by atoms with E-state index in [1.54, 1.807) is 0 Å². The number of aryl methyl sites for hydroxylation is 1. The largest absolute Gasteiger partial charge is 0.416 e. The van der Waals surface area contributed by atoms with Crippen LogP contribution in [0.4, 0.5) is 13.2 Å². The lowest BCUT2D eigenvalue weighted by molar-refractivity contribution is -0.137. The van der Waals surface area contributed by atoms with E-state index in [1.165, 1.54) is 22.9 Å². The van der Waals surface area contributed by atoms with Crippen LogP contribution in [-0.4, -0.2) is 16.3 Å². The van der Waals surface area contributed by atoms with Crippen LogP contribution in [0.5, 0.6) is 0 Å². The van der Waals surface area contributed by atoms with Crippen molar-refractivity contribution in [2.24, 2.45) is 0 Å². The minimum atomic E-state index is -4.42. The van der Waals surface area contributed by atoms with Gasteiger partial charge in [-0.05, 0) is 36.1 Å². The highest BCUT2D eigenvalue weighted by atomic mass is 19.4. The molecule has 3 nitrogen and oxygen atoms in total. The van der Waals surface area contributed by atoms with Gasteiger partial charge < -0.3 is 9.67 Å². The number of pyridine rings is 1. The number of fused-ring (bicyclic) bond motifs is 1. The van der Waals surface area contributed by atoms with E-state index in [4.69, 9.17) is 5.11 Å². The summed E-state index contributed by atoms with van der Waals surface area (Å²) in [6, 6.07) is 4.53. The molecule has 19 heavy (non-hydrogen) atoms. The molecule has 2 rings (SSSR count). The van der Waals surface area contributed by atoms with Crippen molar-refractivity contribution < 1.29 is 18.3 Å². The van der Waals surface area contributed by atoms with E-state index < -0.39 is 11.7 Å². The number of hydrogen-bond donors (Lipinski definition) is 1. The summed E-state index contributed by atoms with van der Waals surface area (Å²) in [5.41, 5.74) is -1.12. The van der Waals surface area contributed by atoms with Gasteiger partial charge in [-0.2, -0.15) is 13.2 Å². The number of rotatable bonds is 3. The van der Waals surface area contributed by atoms with Crippen LogP contribution in [0.3, 0.4) is 0 Å². The summed E-state index contributed by atoms with van der Waals surface area (Å²) >= 11 is 0. The Morgan fingerprint density at radius 1 is 1.21 bits per heavy atom. The van der Waals surface area contributed by atoms with Gasteiger partial charge in [0, 0.05) is 24.7 Å². The topological polar surface area (TPSA) is 42.2 Å². The molecule has 0 aliphatic rings.